The molecule has 0 saturated heterocycles. The van der Waals surface area contributed by atoms with Gasteiger partial charge in [-0.1, -0.05) is 0 Å². The minimum absolute atomic E-state index is 0.0147. The molecule has 2 aromatic carbocycles. The van der Waals surface area contributed by atoms with Gasteiger partial charge in [0.25, 0.3) is 5.56 Å². The van der Waals surface area contributed by atoms with Crippen molar-refractivity contribution in [2.45, 2.75) is 13.5 Å². The number of hydrogen-bond donors (Lipinski definition) is 1. The number of likely N-dealkylation sites (N-methyl/N-ethyl adjacent to an activating group) is 1. The highest BCUT2D eigenvalue weighted by molar-refractivity contribution is 7.13. The molecule has 14 heteroatoms. The van der Waals surface area contributed by atoms with Crippen LogP contribution in [0.3, 0.4) is 0 Å². The fourth-order valence-corrected chi connectivity index (χ4v) is 4.61. The Kier molecular flexibility index (Phi) is 8.28. The van der Waals surface area contributed by atoms with Gasteiger partial charge >= 0.3 is 11.7 Å². The summed E-state index contributed by atoms with van der Waals surface area (Å²) in [5.74, 6) is -4.50. The number of esters is 1. The number of methoxy groups -OCH3 is 1. The molecule has 10 nitrogen and oxygen atoms in total. The molecule has 2 aromatic heterocycles. The van der Waals surface area contributed by atoms with E-state index in [1.54, 1.807) is 7.05 Å². The number of amides is 1. The monoisotopic (exact) mass is 577 g/mol. The van der Waals surface area contributed by atoms with Crippen LogP contribution in [0.1, 0.15) is 22.2 Å². The first-order chi connectivity index (χ1) is 19.0. The molecule has 0 radical (unpaired) electrons. The van der Waals surface area contributed by atoms with Crippen molar-refractivity contribution in [3.8, 4) is 17.2 Å². The zero-order valence-corrected chi connectivity index (χ0v) is 22.2. The van der Waals surface area contributed by atoms with Crippen molar-refractivity contribution in [1.82, 2.24) is 14.5 Å². The maximum absolute atomic E-state index is 14.9. The number of nitrogens with one attached hydrogen (secondary N) is 1. The number of aromatic nitrogens is 2. The number of H-pyrrole nitrogens is 1. The van der Waals surface area contributed by atoms with E-state index in [-0.39, 0.29) is 51.9 Å². The molecule has 0 aliphatic carbocycles. The van der Waals surface area contributed by atoms with Crippen LogP contribution in [0.4, 0.5) is 13.2 Å². The molecule has 4 rings (SSSR count). The zero-order chi connectivity index (χ0) is 29.1. The lowest BCUT2D eigenvalue weighted by Gasteiger charge is -2.17. The first-order valence-corrected chi connectivity index (χ1v) is 12.5. The molecule has 0 unspecified atom stereocenters. The van der Waals surface area contributed by atoms with Crippen LogP contribution in [0.2, 0.25) is 0 Å². The summed E-state index contributed by atoms with van der Waals surface area (Å²) in [6.07, 6.45) is 0. The summed E-state index contributed by atoms with van der Waals surface area (Å²) in [6.45, 7) is 0.977. The molecular formula is C26H22F3N3O7S. The number of ether oxygens (including phenoxy) is 3. The molecule has 4 aromatic rings. The standard InChI is InChI=1S/C26H22F3N3O7S/c1-13(33)31(2)8-9-38-20-7-6-17(28)22(29)15(20)11-39-14-4-5-16(27)19(10-14)32-24(34)21-18(30-26(32)36)12-40-23(21)25(35)37-3/h4-7,10,12H,8-9,11H2,1-3H3,(H,30,36). The third-order valence-corrected chi connectivity index (χ3v) is 6.90. The Bertz CT molecular complexity index is 1730. The average Bonchev–Trinajstić information content (AvgIpc) is 3.35. The number of carbonyl (C=O) groups excluding carboxylic acids is 2. The summed E-state index contributed by atoms with van der Waals surface area (Å²) < 4.78 is 59.8. The summed E-state index contributed by atoms with van der Waals surface area (Å²) in [5, 5.41) is 1.22. The highest BCUT2D eigenvalue weighted by atomic mass is 32.1. The predicted octanol–water partition coefficient (Wildman–Crippen LogP) is 3.38. The Hall–Kier alpha value is -4.59. The number of nitrogens with zero attached hydrogens (tertiary/aromatic N) is 2. The third-order valence-electron chi connectivity index (χ3n) is 5.94. The normalized spacial score (nSPS) is 10.9. The maximum Gasteiger partial charge on any atom is 0.348 e. The van der Waals surface area contributed by atoms with E-state index in [4.69, 9.17) is 9.47 Å². The van der Waals surface area contributed by atoms with Gasteiger partial charge in [0, 0.05) is 25.4 Å². The largest absolute Gasteiger partial charge is 0.491 e. The molecule has 0 bridgehead atoms. The van der Waals surface area contributed by atoms with Gasteiger partial charge in [0.2, 0.25) is 5.91 Å². The lowest BCUT2D eigenvalue weighted by Crippen LogP contribution is -2.34. The molecule has 0 fully saturated rings. The van der Waals surface area contributed by atoms with Gasteiger partial charge in [0.05, 0.1) is 35.8 Å². The van der Waals surface area contributed by atoms with Gasteiger partial charge in [-0.2, -0.15) is 0 Å². The van der Waals surface area contributed by atoms with E-state index in [1.807, 2.05) is 0 Å². The topological polar surface area (TPSA) is 120 Å². The van der Waals surface area contributed by atoms with Crippen LogP contribution in [0.5, 0.6) is 11.5 Å². The molecule has 210 valence electrons. The molecule has 2 heterocycles. The van der Waals surface area contributed by atoms with Crippen LogP contribution < -0.4 is 20.7 Å². The van der Waals surface area contributed by atoms with Crippen LogP contribution in [-0.2, 0) is 16.1 Å². The van der Waals surface area contributed by atoms with E-state index in [9.17, 15) is 32.3 Å². The number of hydrogen-bond acceptors (Lipinski definition) is 8. The second-order valence-corrected chi connectivity index (χ2v) is 9.32. The van der Waals surface area contributed by atoms with Crippen molar-refractivity contribution in [1.29, 1.82) is 0 Å². The molecule has 1 amide bonds. The average molecular weight is 578 g/mol. The number of carbonyl (C=O) groups is 2. The molecule has 0 aliphatic heterocycles. The molecule has 40 heavy (non-hydrogen) atoms. The van der Waals surface area contributed by atoms with Crippen LogP contribution in [-0.4, -0.2) is 53.6 Å². The highest BCUT2D eigenvalue weighted by Crippen LogP contribution is 2.27. The van der Waals surface area contributed by atoms with Crippen LogP contribution in [0.15, 0.2) is 45.3 Å². The summed E-state index contributed by atoms with van der Waals surface area (Å²) >= 11 is 0.874. The van der Waals surface area contributed by atoms with Crippen molar-refractivity contribution < 1.29 is 37.0 Å². The first-order valence-electron chi connectivity index (χ1n) is 11.6. The Morgan fingerprint density at radius 3 is 2.50 bits per heavy atom. The number of benzene rings is 2. The molecule has 1 N–H and O–H groups in total. The minimum Gasteiger partial charge on any atom is -0.491 e. The van der Waals surface area contributed by atoms with Gasteiger partial charge in [0.1, 0.15) is 35.4 Å². The lowest BCUT2D eigenvalue weighted by atomic mass is 10.2. The van der Waals surface area contributed by atoms with Gasteiger partial charge < -0.3 is 24.1 Å². The number of fused-ring (bicyclic) bond motifs is 1. The smallest absolute Gasteiger partial charge is 0.348 e. The fraction of sp³-hybridized carbons (Fsp3) is 0.231. The van der Waals surface area contributed by atoms with Gasteiger partial charge in [-0.15, -0.1) is 11.3 Å². The van der Waals surface area contributed by atoms with Crippen molar-refractivity contribution in [3.05, 3.63) is 84.4 Å². The molecule has 0 aliphatic rings. The van der Waals surface area contributed by atoms with E-state index in [0.29, 0.717) is 4.57 Å². The van der Waals surface area contributed by atoms with Crippen molar-refractivity contribution in [2.75, 3.05) is 27.3 Å². The van der Waals surface area contributed by atoms with Gasteiger partial charge in [-0.05, 0) is 24.3 Å². The second-order valence-electron chi connectivity index (χ2n) is 8.44. The zero-order valence-electron chi connectivity index (χ0n) is 21.4. The number of aromatic amines is 1. The van der Waals surface area contributed by atoms with E-state index >= 15 is 0 Å². The summed E-state index contributed by atoms with van der Waals surface area (Å²) in [4.78, 5) is 53.1. The van der Waals surface area contributed by atoms with Crippen LogP contribution in [0, 0.1) is 17.5 Å². The Balaban J connectivity index is 1.66. The van der Waals surface area contributed by atoms with Gasteiger partial charge in [-0.3, -0.25) is 9.59 Å². The van der Waals surface area contributed by atoms with Gasteiger partial charge in [-0.25, -0.2) is 27.3 Å². The maximum atomic E-state index is 14.9. The quantitative estimate of drug-likeness (QED) is 0.303. The van der Waals surface area contributed by atoms with Crippen molar-refractivity contribution >= 4 is 34.1 Å². The van der Waals surface area contributed by atoms with Crippen molar-refractivity contribution in [2.24, 2.45) is 0 Å². The lowest BCUT2D eigenvalue weighted by molar-refractivity contribution is -0.127. The summed E-state index contributed by atoms with van der Waals surface area (Å²) in [6, 6.07) is 5.20. The van der Waals surface area contributed by atoms with E-state index in [2.05, 4.69) is 9.72 Å². The Morgan fingerprint density at radius 2 is 1.80 bits per heavy atom. The predicted molar refractivity (Wildman–Crippen MR) is 139 cm³/mol. The third kappa shape index (κ3) is 5.57. The number of rotatable bonds is 9. The van der Waals surface area contributed by atoms with Crippen molar-refractivity contribution in [3.63, 3.8) is 0 Å². The van der Waals surface area contributed by atoms with E-state index < -0.39 is 47.0 Å². The molecule has 0 atom stereocenters. The second kappa shape index (κ2) is 11.7. The van der Waals surface area contributed by atoms with Crippen LogP contribution >= 0.6 is 11.3 Å². The highest BCUT2D eigenvalue weighted by Gasteiger charge is 2.22. The molecular weight excluding hydrogens is 555 g/mol. The number of thiophene rings is 1. The Morgan fingerprint density at radius 1 is 1.07 bits per heavy atom. The number of halogens is 3. The SMILES string of the molecule is COC(=O)c1scc2[nH]c(=O)n(-c3cc(OCc4c(OCCN(C)C(C)=O)ccc(F)c4F)ccc3F)c(=O)c12. The van der Waals surface area contributed by atoms with E-state index in [1.165, 1.54) is 29.3 Å². The first kappa shape index (κ1) is 28.4. The van der Waals surface area contributed by atoms with E-state index in [0.717, 1.165) is 36.6 Å². The molecule has 0 saturated carbocycles. The van der Waals surface area contributed by atoms with Gasteiger partial charge in [0.15, 0.2) is 11.6 Å². The Labute approximate surface area is 228 Å². The van der Waals surface area contributed by atoms with Crippen LogP contribution in [0.25, 0.3) is 16.6 Å². The summed E-state index contributed by atoms with van der Waals surface area (Å²) in [5.41, 5.74) is -2.66. The minimum atomic E-state index is -1.23. The summed E-state index contributed by atoms with van der Waals surface area (Å²) in [7, 11) is 2.68. The fourth-order valence-electron chi connectivity index (χ4n) is 3.70. The molecule has 0 spiro atoms.